The lowest BCUT2D eigenvalue weighted by molar-refractivity contribution is -0.0209. The number of hydrogen-bond acceptors (Lipinski definition) is 5. The molecule has 1 fully saturated rings. The number of nitrogens with zero attached hydrogens (tertiary/aromatic N) is 3. The van der Waals surface area contributed by atoms with E-state index < -0.39 is 5.60 Å². The normalized spacial score (nSPS) is 19.6. The molecule has 3 N–H and O–H groups in total. The second-order valence-corrected chi connectivity index (χ2v) is 10.3. The fourth-order valence-electron chi connectivity index (χ4n) is 5.65. The summed E-state index contributed by atoms with van der Waals surface area (Å²) >= 11 is 0. The molecule has 1 aliphatic carbocycles. The SMILES string of the molecule is Cc1cc(-c2n[nH]c3ccc(C(=O)N[C@@H]4CCC[C@@](O)(Cn5c(=O)ccc6ccccc65)C4)cc23)ccn1. The third-order valence-electron chi connectivity index (χ3n) is 7.50. The number of aryl methyl sites for hydroxylation is 1. The molecule has 192 valence electrons. The maximum Gasteiger partial charge on any atom is 0.251 e. The number of para-hydroxylation sites is 1. The summed E-state index contributed by atoms with van der Waals surface area (Å²) in [6.45, 7) is 2.12. The first kappa shape index (κ1) is 24.1. The molecular weight excluding hydrogens is 478 g/mol. The van der Waals surface area contributed by atoms with Crippen molar-refractivity contribution in [2.45, 2.75) is 50.8 Å². The lowest BCUT2D eigenvalue weighted by Gasteiger charge is -2.37. The Morgan fingerprint density at radius 2 is 2.03 bits per heavy atom. The van der Waals surface area contributed by atoms with Crippen LogP contribution >= 0.6 is 0 Å². The molecule has 1 aliphatic rings. The molecule has 0 aliphatic heterocycles. The Bertz CT molecular complexity index is 1720. The summed E-state index contributed by atoms with van der Waals surface area (Å²) in [6.07, 6.45) is 4.23. The van der Waals surface area contributed by atoms with Gasteiger partial charge in [-0.3, -0.25) is 19.7 Å². The molecule has 2 atom stereocenters. The van der Waals surface area contributed by atoms with Crippen molar-refractivity contribution in [3.8, 4) is 11.3 Å². The lowest BCUT2D eigenvalue weighted by Crippen LogP contribution is -2.48. The van der Waals surface area contributed by atoms with Crippen LogP contribution in [0.1, 0.15) is 41.7 Å². The fraction of sp³-hybridized carbons (Fsp3) is 0.267. The molecule has 3 aromatic heterocycles. The number of pyridine rings is 2. The summed E-state index contributed by atoms with van der Waals surface area (Å²) in [6, 6.07) is 20.2. The molecule has 0 radical (unpaired) electrons. The molecule has 8 heteroatoms. The molecule has 6 rings (SSSR count). The van der Waals surface area contributed by atoms with Crippen LogP contribution in [0.5, 0.6) is 0 Å². The van der Waals surface area contributed by atoms with Gasteiger partial charge >= 0.3 is 0 Å². The summed E-state index contributed by atoms with van der Waals surface area (Å²) < 4.78 is 1.65. The number of carbonyl (C=O) groups excluding carboxylic acids is 1. The van der Waals surface area contributed by atoms with E-state index in [4.69, 9.17) is 0 Å². The molecule has 2 aromatic carbocycles. The summed E-state index contributed by atoms with van der Waals surface area (Å²) in [4.78, 5) is 30.2. The van der Waals surface area contributed by atoms with Gasteiger partial charge in [0.15, 0.2) is 0 Å². The minimum absolute atomic E-state index is 0.142. The zero-order valence-electron chi connectivity index (χ0n) is 21.1. The predicted molar refractivity (Wildman–Crippen MR) is 147 cm³/mol. The zero-order chi connectivity index (χ0) is 26.3. The highest BCUT2D eigenvalue weighted by Gasteiger charge is 2.36. The number of amides is 1. The number of aliphatic hydroxyl groups is 1. The van der Waals surface area contributed by atoms with E-state index in [0.717, 1.165) is 51.6 Å². The molecule has 38 heavy (non-hydrogen) atoms. The Morgan fingerprint density at radius 1 is 1.16 bits per heavy atom. The molecule has 5 aromatic rings. The van der Waals surface area contributed by atoms with Gasteiger partial charge < -0.3 is 15.0 Å². The van der Waals surface area contributed by atoms with Crippen molar-refractivity contribution in [2.24, 2.45) is 0 Å². The first-order valence-electron chi connectivity index (χ1n) is 12.9. The van der Waals surface area contributed by atoms with Crippen molar-refractivity contribution in [1.29, 1.82) is 0 Å². The fourth-order valence-corrected chi connectivity index (χ4v) is 5.65. The van der Waals surface area contributed by atoms with Gasteiger partial charge in [-0.15, -0.1) is 0 Å². The maximum absolute atomic E-state index is 13.3. The number of carbonyl (C=O) groups is 1. The van der Waals surface area contributed by atoms with E-state index in [1.54, 1.807) is 29.0 Å². The van der Waals surface area contributed by atoms with Gasteiger partial charge in [-0.25, -0.2) is 0 Å². The van der Waals surface area contributed by atoms with E-state index in [0.29, 0.717) is 18.4 Å². The summed E-state index contributed by atoms with van der Waals surface area (Å²) in [5.41, 5.74) is 3.54. The summed E-state index contributed by atoms with van der Waals surface area (Å²) in [7, 11) is 0. The molecule has 0 spiro atoms. The van der Waals surface area contributed by atoms with E-state index in [1.165, 1.54) is 0 Å². The number of rotatable bonds is 5. The van der Waals surface area contributed by atoms with Crippen LogP contribution in [-0.2, 0) is 6.54 Å². The van der Waals surface area contributed by atoms with Gasteiger partial charge in [0.25, 0.3) is 11.5 Å². The predicted octanol–water partition coefficient (Wildman–Crippen LogP) is 4.35. The minimum atomic E-state index is -1.09. The van der Waals surface area contributed by atoms with Crippen molar-refractivity contribution in [3.05, 3.63) is 94.5 Å². The molecule has 3 heterocycles. The Labute approximate surface area is 219 Å². The van der Waals surface area contributed by atoms with Crippen molar-refractivity contribution < 1.29 is 9.90 Å². The quantitative estimate of drug-likeness (QED) is 0.327. The number of aromatic nitrogens is 4. The van der Waals surface area contributed by atoms with Crippen LogP contribution in [-0.4, -0.2) is 42.4 Å². The Kier molecular flexibility index (Phi) is 6.04. The number of hydrogen-bond donors (Lipinski definition) is 3. The van der Waals surface area contributed by atoms with Crippen molar-refractivity contribution in [1.82, 2.24) is 25.1 Å². The molecule has 0 bridgehead atoms. The average molecular weight is 508 g/mol. The maximum atomic E-state index is 13.3. The second kappa shape index (κ2) is 9.54. The average Bonchev–Trinajstić information content (AvgIpc) is 3.34. The third kappa shape index (κ3) is 4.59. The van der Waals surface area contributed by atoms with Crippen molar-refractivity contribution in [2.75, 3.05) is 0 Å². The van der Waals surface area contributed by atoms with Crippen LogP contribution in [0, 0.1) is 6.92 Å². The van der Waals surface area contributed by atoms with E-state index in [1.807, 2.05) is 55.5 Å². The molecule has 8 nitrogen and oxygen atoms in total. The van der Waals surface area contributed by atoms with Gasteiger partial charge in [-0.2, -0.15) is 5.10 Å². The number of aromatic amines is 1. The monoisotopic (exact) mass is 507 g/mol. The molecular formula is C30H29N5O3. The van der Waals surface area contributed by atoms with Crippen molar-refractivity contribution in [3.63, 3.8) is 0 Å². The minimum Gasteiger partial charge on any atom is -0.388 e. The Balaban J connectivity index is 1.22. The summed E-state index contributed by atoms with van der Waals surface area (Å²) in [5, 5.41) is 24.0. The van der Waals surface area contributed by atoms with Crippen LogP contribution in [0.15, 0.2) is 77.7 Å². The third-order valence-corrected chi connectivity index (χ3v) is 7.50. The zero-order valence-corrected chi connectivity index (χ0v) is 21.1. The van der Waals surface area contributed by atoms with E-state index in [9.17, 15) is 14.7 Å². The largest absolute Gasteiger partial charge is 0.388 e. The number of benzene rings is 2. The Morgan fingerprint density at radius 3 is 2.89 bits per heavy atom. The highest BCUT2D eigenvalue weighted by Crippen LogP contribution is 2.31. The number of H-pyrrole nitrogens is 1. The number of fused-ring (bicyclic) bond motifs is 2. The second-order valence-electron chi connectivity index (χ2n) is 10.3. The van der Waals surface area contributed by atoms with Gasteiger partial charge in [0.05, 0.1) is 23.2 Å². The number of nitrogens with one attached hydrogen (secondary N) is 2. The summed E-state index contributed by atoms with van der Waals surface area (Å²) in [5.74, 6) is -0.193. The highest BCUT2D eigenvalue weighted by atomic mass is 16.3. The Hall–Kier alpha value is -4.30. The smallest absolute Gasteiger partial charge is 0.251 e. The lowest BCUT2D eigenvalue weighted by atomic mass is 9.81. The van der Waals surface area contributed by atoms with Gasteiger partial charge in [0, 0.05) is 40.5 Å². The van der Waals surface area contributed by atoms with Gasteiger partial charge in [-0.1, -0.05) is 18.2 Å². The molecule has 0 saturated heterocycles. The first-order valence-corrected chi connectivity index (χ1v) is 12.9. The molecule has 0 unspecified atom stereocenters. The standard InChI is InChI=1S/C30H29N5O3/c1-19-15-21(12-14-31-19)28-24-16-22(8-10-25(24)33-34-28)29(37)32-23-6-4-13-30(38,17-23)18-35-26-7-3-2-5-20(26)9-11-27(35)36/h2-3,5,7-12,14-16,23,38H,4,6,13,17-18H2,1H3,(H,32,37)(H,33,34)/t23-,30+/m1/s1. The molecule has 1 saturated carbocycles. The van der Waals surface area contributed by atoms with Crippen molar-refractivity contribution >= 4 is 27.7 Å². The first-order chi connectivity index (χ1) is 18.4. The van der Waals surface area contributed by atoms with E-state index in [2.05, 4.69) is 20.5 Å². The highest BCUT2D eigenvalue weighted by molar-refractivity contribution is 6.01. The van der Waals surface area contributed by atoms with Crippen LogP contribution in [0.25, 0.3) is 33.1 Å². The van der Waals surface area contributed by atoms with Gasteiger partial charge in [0.2, 0.25) is 0 Å². The van der Waals surface area contributed by atoms with E-state index >= 15 is 0 Å². The van der Waals surface area contributed by atoms with Crippen LogP contribution in [0.4, 0.5) is 0 Å². The van der Waals surface area contributed by atoms with Crippen LogP contribution < -0.4 is 10.9 Å². The van der Waals surface area contributed by atoms with Crippen LogP contribution in [0.3, 0.4) is 0 Å². The topological polar surface area (TPSA) is 113 Å². The van der Waals surface area contributed by atoms with Crippen LogP contribution in [0.2, 0.25) is 0 Å². The van der Waals surface area contributed by atoms with Gasteiger partial charge in [0.1, 0.15) is 5.69 Å². The van der Waals surface area contributed by atoms with Gasteiger partial charge in [-0.05, 0) is 80.5 Å². The molecule has 1 amide bonds. The van der Waals surface area contributed by atoms with E-state index in [-0.39, 0.29) is 24.1 Å².